The molecule has 1 saturated heterocycles. The Kier molecular flexibility index (Phi) is 2.88. The molecule has 90 valence electrons. The Morgan fingerprint density at radius 3 is 2.35 bits per heavy atom. The molecule has 0 atom stereocenters. The number of benzene rings is 1. The van der Waals surface area contributed by atoms with Crippen molar-refractivity contribution in [2.24, 2.45) is 0 Å². The molecule has 1 aliphatic heterocycles. The van der Waals surface area contributed by atoms with Gasteiger partial charge in [0.15, 0.2) is 0 Å². The van der Waals surface area contributed by atoms with Gasteiger partial charge in [-0.15, -0.1) is 0 Å². The minimum absolute atomic E-state index is 0.227. The second kappa shape index (κ2) is 4.20. The lowest BCUT2D eigenvalue weighted by atomic mass is 9.74. The van der Waals surface area contributed by atoms with Crippen LogP contribution in [0.3, 0.4) is 0 Å². The van der Waals surface area contributed by atoms with Crippen LogP contribution < -0.4 is 10.1 Å². The van der Waals surface area contributed by atoms with Crippen LogP contribution in [0.4, 0.5) is 0 Å². The van der Waals surface area contributed by atoms with E-state index in [1.54, 1.807) is 7.11 Å². The lowest BCUT2D eigenvalue weighted by Crippen LogP contribution is -2.45. The van der Waals surface area contributed by atoms with Crippen molar-refractivity contribution in [1.29, 1.82) is 0 Å². The van der Waals surface area contributed by atoms with Crippen molar-refractivity contribution in [2.45, 2.75) is 25.2 Å². The number of hydrogen-bond acceptors (Lipinski definition) is 3. The number of amides is 2. The van der Waals surface area contributed by atoms with E-state index in [1.807, 2.05) is 31.2 Å². The highest BCUT2D eigenvalue weighted by Gasteiger charge is 2.38. The van der Waals surface area contributed by atoms with Gasteiger partial charge in [0, 0.05) is 23.8 Å². The Hall–Kier alpha value is -1.84. The average molecular weight is 233 g/mol. The van der Waals surface area contributed by atoms with Gasteiger partial charge < -0.3 is 4.74 Å². The Balaban J connectivity index is 2.43. The quantitative estimate of drug-likeness (QED) is 0.785. The topological polar surface area (TPSA) is 55.4 Å². The van der Waals surface area contributed by atoms with E-state index >= 15 is 0 Å². The van der Waals surface area contributed by atoms with Gasteiger partial charge in [-0.1, -0.05) is 25.1 Å². The molecule has 1 aromatic rings. The van der Waals surface area contributed by atoms with Gasteiger partial charge in [0.25, 0.3) is 0 Å². The lowest BCUT2D eigenvalue weighted by Gasteiger charge is -2.33. The molecular weight excluding hydrogens is 218 g/mol. The first-order valence-corrected chi connectivity index (χ1v) is 5.51. The van der Waals surface area contributed by atoms with Gasteiger partial charge in [0.05, 0.1) is 7.11 Å². The summed E-state index contributed by atoms with van der Waals surface area (Å²) < 4.78 is 5.29. The molecule has 0 spiro atoms. The number of piperidine rings is 1. The predicted octanol–water partition coefficient (Wildman–Crippen LogP) is 1.39. The van der Waals surface area contributed by atoms with Gasteiger partial charge in [-0.25, -0.2) is 0 Å². The molecule has 2 amide bonds. The van der Waals surface area contributed by atoms with E-state index in [4.69, 9.17) is 4.74 Å². The molecule has 4 heteroatoms. The average Bonchev–Trinajstić information content (AvgIpc) is 2.27. The van der Waals surface area contributed by atoms with Gasteiger partial charge in [-0.05, 0) is 6.07 Å². The number of hydrogen-bond donors (Lipinski definition) is 1. The van der Waals surface area contributed by atoms with E-state index in [-0.39, 0.29) is 11.8 Å². The minimum Gasteiger partial charge on any atom is -0.496 e. The molecule has 17 heavy (non-hydrogen) atoms. The fourth-order valence-electron chi connectivity index (χ4n) is 2.35. The maximum absolute atomic E-state index is 11.5. The number of para-hydroxylation sites is 1. The Morgan fingerprint density at radius 2 is 1.76 bits per heavy atom. The van der Waals surface area contributed by atoms with Gasteiger partial charge in [0.2, 0.25) is 11.8 Å². The summed E-state index contributed by atoms with van der Waals surface area (Å²) in [5.74, 6) is 0.266. The van der Waals surface area contributed by atoms with Gasteiger partial charge >= 0.3 is 0 Å². The third kappa shape index (κ3) is 2.16. The van der Waals surface area contributed by atoms with Crippen molar-refractivity contribution in [3.8, 4) is 5.75 Å². The SMILES string of the molecule is COc1ccccc1C1(C)CC(=O)NC(=O)C1. The van der Waals surface area contributed by atoms with Crippen molar-refractivity contribution < 1.29 is 14.3 Å². The number of nitrogens with one attached hydrogen (secondary N) is 1. The van der Waals surface area contributed by atoms with Crippen LogP contribution in [0.25, 0.3) is 0 Å². The third-order valence-electron chi connectivity index (χ3n) is 3.14. The standard InChI is InChI=1S/C13H15NO3/c1-13(7-11(15)14-12(16)8-13)9-5-3-4-6-10(9)17-2/h3-6H,7-8H2,1-2H3,(H,14,15,16). The number of rotatable bonds is 2. The van der Waals surface area contributed by atoms with Crippen LogP contribution in [0.5, 0.6) is 5.75 Å². The number of carbonyl (C=O) groups excluding carboxylic acids is 2. The van der Waals surface area contributed by atoms with E-state index in [2.05, 4.69) is 5.32 Å². The molecule has 0 saturated carbocycles. The van der Waals surface area contributed by atoms with Crippen molar-refractivity contribution in [3.05, 3.63) is 29.8 Å². The summed E-state index contributed by atoms with van der Waals surface area (Å²) in [6.07, 6.45) is 0.609. The van der Waals surface area contributed by atoms with Crippen LogP contribution in [0.2, 0.25) is 0 Å². The molecule has 0 radical (unpaired) electrons. The highest BCUT2D eigenvalue weighted by molar-refractivity contribution is 5.99. The van der Waals surface area contributed by atoms with Gasteiger partial charge in [-0.2, -0.15) is 0 Å². The molecule has 1 aromatic carbocycles. The number of ether oxygens (including phenoxy) is 1. The Morgan fingerprint density at radius 1 is 1.18 bits per heavy atom. The van der Waals surface area contributed by atoms with E-state index in [1.165, 1.54) is 0 Å². The minimum atomic E-state index is -0.480. The zero-order valence-electron chi connectivity index (χ0n) is 9.95. The van der Waals surface area contributed by atoms with Crippen LogP contribution in [-0.2, 0) is 15.0 Å². The Bertz CT molecular complexity index is 451. The fraction of sp³-hybridized carbons (Fsp3) is 0.385. The summed E-state index contributed by atoms with van der Waals surface area (Å²) in [5, 5.41) is 2.32. The van der Waals surface area contributed by atoms with Crippen molar-refractivity contribution in [3.63, 3.8) is 0 Å². The number of imide groups is 1. The van der Waals surface area contributed by atoms with Crippen LogP contribution >= 0.6 is 0 Å². The zero-order chi connectivity index (χ0) is 12.5. The monoisotopic (exact) mass is 233 g/mol. The largest absolute Gasteiger partial charge is 0.496 e. The fourth-order valence-corrected chi connectivity index (χ4v) is 2.35. The first kappa shape index (κ1) is 11.6. The molecule has 1 aliphatic rings. The van der Waals surface area contributed by atoms with Gasteiger partial charge in [-0.3, -0.25) is 14.9 Å². The van der Waals surface area contributed by atoms with Gasteiger partial charge in [0.1, 0.15) is 5.75 Å². The summed E-state index contributed by atoms with van der Waals surface area (Å²) in [7, 11) is 1.59. The molecule has 4 nitrogen and oxygen atoms in total. The second-order valence-corrected chi connectivity index (χ2v) is 4.59. The summed E-state index contributed by atoms with van der Waals surface area (Å²) in [6.45, 7) is 1.92. The molecule has 1 N–H and O–H groups in total. The zero-order valence-corrected chi connectivity index (χ0v) is 9.95. The molecule has 0 bridgehead atoms. The summed E-state index contributed by atoms with van der Waals surface area (Å²) in [6, 6.07) is 7.51. The van der Waals surface area contributed by atoms with E-state index < -0.39 is 5.41 Å². The van der Waals surface area contributed by atoms with Crippen molar-refractivity contribution >= 4 is 11.8 Å². The maximum Gasteiger partial charge on any atom is 0.227 e. The summed E-state index contributed by atoms with van der Waals surface area (Å²) >= 11 is 0. The maximum atomic E-state index is 11.5. The highest BCUT2D eigenvalue weighted by Crippen LogP contribution is 2.38. The molecular formula is C13H15NO3. The molecule has 1 fully saturated rings. The Labute approximate surface area is 100.0 Å². The van der Waals surface area contributed by atoms with E-state index in [0.29, 0.717) is 12.8 Å². The van der Waals surface area contributed by atoms with Crippen LogP contribution in [-0.4, -0.2) is 18.9 Å². The molecule has 0 aliphatic carbocycles. The van der Waals surface area contributed by atoms with E-state index in [9.17, 15) is 9.59 Å². The normalized spacial score (nSPS) is 18.7. The van der Waals surface area contributed by atoms with Crippen LogP contribution in [0.15, 0.2) is 24.3 Å². The molecule has 2 rings (SSSR count). The molecule has 1 heterocycles. The van der Waals surface area contributed by atoms with Crippen molar-refractivity contribution in [1.82, 2.24) is 5.32 Å². The summed E-state index contributed by atoms with van der Waals surface area (Å²) in [5.41, 5.74) is 0.428. The number of methoxy groups -OCH3 is 1. The smallest absolute Gasteiger partial charge is 0.227 e. The molecule has 0 aromatic heterocycles. The van der Waals surface area contributed by atoms with Crippen molar-refractivity contribution in [2.75, 3.05) is 7.11 Å². The predicted molar refractivity (Wildman–Crippen MR) is 62.7 cm³/mol. The second-order valence-electron chi connectivity index (χ2n) is 4.59. The van der Waals surface area contributed by atoms with Crippen LogP contribution in [0, 0.1) is 0 Å². The first-order valence-electron chi connectivity index (χ1n) is 5.51. The lowest BCUT2D eigenvalue weighted by molar-refractivity contribution is -0.135. The van der Waals surface area contributed by atoms with Crippen LogP contribution in [0.1, 0.15) is 25.3 Å². The summed E-state index contributed by atoms with van der Waals surface area (Å²) in [4.78, 5) is 23.0. The highest BCUT2D eigenvalue weighted by atomic mass is 16.5. The number of carbonyl (C=O) groups is 2. The first-order chi connectivity index (χ1) is 8.05. The third-order valence-corrected chi connectivity index (χ3v) is 3.14. The van der Waals surface area contributed by atoms with E-state index in [0.717, 1.165) is 11.3 Å². The molecule has 0 unspecified atom stereocenters.